The van der Waals surface area contributed by atoms with Crippen LogP contribution in [-0.4, -0.2) is 17.3 Å². The molecular weight excluding hydrogens is 150 g/mol. The van der Waals surface area contributed by atoms with Crippen LogP contribution < -0.4 is 5.73 Å². The van der Waals surface area contributed by atoms with E-state index in [1.807, 2.05) is 19.1 Å². The van der Waals surface area contributed by atoms with Gasteiger partial charge in [0.05, 0.1) is 0 Å². The number of allylic oxidation sites excluding steroid dienone is 2. The van der Waals surface area contributed by atoms with Crippen LogP contribution in [0.4, 0.5) is 0 Å². The summed E-state index contributed by atoms with van der Waals surface area (Å²) < 4.78 is 0. The van der Waals surface area contributed by atoms with E-state index in [2.05, 4.69) is 13.0 Å². The van der Waals surface area contributed by atoms with Crippen LogP contribution in [0.3, 0.4) is 0 Å². The van der Waals surface area contributed by atoms with Crippen LogP contribution in [0.2, 0.25) is 0 Å². The van der Waals surface area contributed by atoms with Crippen LogP contribution in [0.15, 0.2) is 23.8 Å². The highest BCUT2D eigenvalue weighted by Crippen LogP contribution is 2.26. The molecule has 68 valence electrons. The quantitative estimate of drug-likeness (QED) is 0.649. The molecule has 2 unspecified atom stereocenters. The van der Waals surface area contributed by atoms with E-state index in [-0.39, 0.29) is 18.1 Å². The van der Waals surface area contributed by atoms with Crippen molar-refractivity contribution < 1.29 is 5.11 Å². The van der Waals surface area contributed by atoms with Crippen molar-refractivity contribution >= 4 is 0 Å². The van der Waals surface area contributed by atoms with Gasteiger partial charge < -0.3 is 10.8 Å². The van der Waals surface area contributed by atoms with Gasteiger partial charge >= 0.3 is 0 Å². The lowest BCUT2D eigenvalue weighted by Crippen LogP contribution is -2.43. The maximum Gasteiger partial charge on any atom is 0.0437 e. The molecular formula is C10H17NO. The summed E-state index contributed by atoms with van der Waals surface area (Å²) in [5, 5.41) is 8.83. The van der Waals surface area contributed by atoms with Gasteiger partial charge in [-0.2, -0.15) is 0 Å². The first-order chi connectivity index (χ1) is 5.56. The Hall–Kier alpha value is -0.600. The molecule has 0 amide bonds. The average molecular weight is 167 g/mol. The summed E-state index contributed by atoms with van der Waals surface area (Å²) in [4.78, 5) is 0. The highest BCUT2D eigenvalue weighted by Gasteiger charge is 2.27. The maximum absolute atomic E-state index is 8.83. The van der Waals surface area contributed by atoms with Gasteiger partial charge in [0.2, 0.25) is 0 Å². The number of hydrogen-bond acceptors (Lipinski definition) is 2. The van der Waals surface area contributed by atoms with Gasteiger partial charge in [0.1, 0.15) is 0 Å². The molecule has 1 rings (SSSR count). The normalized spacial score (nSPS) is 35.0. The van der Waals surface area contributed by atoms with E-state index in [4.69, 9.17) is 10.8 Å². The fraction of sp³-hybridized carbons (Fsp3) is 0.600. The van der Waals surface area contributed by atoms with Crippen molar-refractivity contribution in [3.63, 3.8) is 0 Å². The molecule has 3 N–H and O–H groups in total. The molecule has 0 saturated heterocycles. The summed E-state index contributed by atoms with van der Waals surface area (Å²) >= 11 is 0. The Kier molecular flexibility index (Phi) is 2.70. The zero-order valence-electron chi connectivity index (χ0n) is 7.75. The first-order valence-corrected chi connectivity index (χ1v) is 4.33. The molecule has 0 aromatic heterocycles. The Labute approximate surface area is 73.8 Å². The zero-order chi connectivity index (χ0) is 9.19. The van der Waals surface area contributed by atoms with E-state index in [0.29, 0.717) is 0 Å². The van der Waals surface area contributed by atoms with Crippen molar-refractivity contribution in [2.75, 3.05) is 6.61 Å². The predicted molar refractivity (Wildman–Crippen MR) is 50.7 cm³/mol. The second kappa shape index (κ2) is 3.42. The smallest absolute Gasteiger partial charge is 0.0437 e. The number of aliphatic hydroxyl groups excluding tert-OH is 1. The van der Waals surface area contributed by atoms with Gasteiger partial charge in [-0.05, 0) is 20.3 Å². The number of nitrogens with two attached hydrogens (primary N) is 1. The van der Waals surface area contributed by atoms with Gasteiger partial charge in [0, 0.05) is 18.1 Å². The van der Waals surface area contributed by atoms with Gasteiger partial charge in [-0.1, -0.05) is 23.8 Å². The van der Waals surface area contributed by atoms with E-state index >= 15 is 0 Å². The molecule has 12 heavy (non-hydrogen) atoms. The summed E-state index contributed by atoms with van der Waals surface area (Å²) in [6, 6.07) is 0. The third-order valence-electron chi connectivity index (χ3n) is 2.41. The average Bonchev–Trinajstić information content (AvgIpc) is 1.98. The summed E-state index contributed by atoms with van der Waals surface area (Å²) in [6.45, 7) is 4.25. The molecule has 0 fully saturated rings. The van der Waals surface area contributed by atoms with Crippen molar-refractivity contribution in [1.29, 1.82) is 0 Å². The predicted octanol–water partition coefficient (Wildman–Crippen LogP) is 1.22. The zero-order valence-corrected chi connectivity index (χ0v) is 7.75. The van der Waals surface area contributed by atoms with Gasteiger partial charge in [0.25, 0.3) is 0 Å². The molecule has 0 radical (unpaired) electrons. The monoisotopic (exact) mass is 167 g/mol. The Morgan fingerprint density at radius 3 is 2.92 bits per heavy atom. The highest BCUT2D eigenvalue weighted by molar-refractivity contribution is 5.29. The van der Waals surface area contributed by atoms with Gasteiger partial charge in [0.15, 0.2) is 0 Å². The van der Waals surface area contributed by atoms with E-state index in [0.717, 1.165) is 6.42 Å². The summed E-state index contributed by atoms with van der Waals surface area (Å²) in [5.74, 6) is 0.271. The van der Waals surface area contributed by atoms with Crippen molar-refractivity contribution in [3.05, 3.63) is 23.8 Å². The topological polar surface area (TPSA) is 46.2 Å². The lowest BCUT2D eigenvalue weighted by Gasteiger charge is -2.32. The Morgan fingerprint density at radius 1 is 1.67 bits per heavy atom. The maximum atomic E-state index is 8.83. The molecule has 2 atom stereocenters. The fourth-order valence-electron chi connectivity index (χ4n) is 1.52. The minimum Gasteiger partial charge on any atom is -0.396 e. The largest absolute Gasteiger partial charge is 0.396 e. The molecule has 0 spiro atoms. The van der Waals surface area contributed by atoms with Crippen molar-refractivity contribution in [2.24, 2.45) is 11.7 Å². The van der Waals surface area contributed by atoms with Crippen LogP contribution in [0.5, 0.6) is 0 Å². The van der Waals surface area contributed by atoms with Crippen LogP contribution in [0.25, 0.3) is 0 Å². The van der Waals surface area contributed by atoms with Crippen LogP contribution in [0, 0.1) is 5.92 Å². The first-order valence-electron chi connectivity index (χ1n) is 4.33. The van der Waals surface area contributed by atoms with Crippen LogP contribution >= 0.6 is 0 Å². The molecule has 2 heteroatoms. The Balaban J connectivity index is 2.75. The fourth-order valence-corrected chi connectivity index (χ4v) is 1.52. The summed E-state index contributed by atoms with van der Waals surface area (Å²) in [6.07, 6.45) is 6.93. The minimum atomic E-state index is -0.289. The minimum absolute atomic E-state index is 0.203. The second-order valence-corrected chi connectivity index (χ2v) is 3.73. The lowest BCUT2D eigenvalue weighted by atomic mass is 9.79. The molecule has 0 aromatic carbocycles. The third-order valence-corrected chi connectivity index (χ3v) is 2.41. The molecule has 0 aromatic rings. The van der Waals surface area contributed by atoms with E-state index in [1.165, 1.54) is 5.57 Å². The third kappa shape index (κ3) is 1.96. The van der Waals surface area contributed by atoms with E-state index in [1.54, 1.807) is 0 Å². The second-order valence-electron chi connectivity index (χ2n) is 3.73. The van der Waals surface area contributed by atoms with Crippen LogP contribution in [0.1, 0.15) is 20.3 Å². The molecule has 2 nitrogen and oxygen atoms in total. The van der Waals surface area contributed by atoms with Gasteiger partial charge in [-0.25, -0.2) is 0 Å². The van der Waals surface area contributed by atoms with E-state index in [9.17, 15) is 0 Å². The van der Waals surface area contributed by atoms with Gasteiger partial charge in [-0.3, -0.25) is 0 Å². The van der Waals surface area contributed by atoms with Crippen LogP contribution in [-0.2, 0) is 0 Å². The summed E-state index contributed by atoms with van der Waals surface area (Å²) in [5.41, 5.74) is 6.97. The molecule has 0 bridgehead atoms. The van der Waals surface area contributed by atoms with E-state index < -0.39 is 0 Å². The van der Waals surface area contributed by atoms with Crippen molar-refractivity contribution in [1.82, 2.24) is 0 Å². The van der Waals surface area contributed by atoms with Gasteiger partial charge in [-0.15, -0.1) is 0 Å². The lowest BCUT2D eigenvalue weighted by molar-refractivity contribution is 0.247. The number of aliphatic hydroxyl groups is 1. The molecule has 0 heterocycles. The molecule has 0 aliphatic heterocycles. The number of hydrogen-bond donors (Lipinski definition) is 2. The Morgan fingerprint density at radius 2 is 2.33 bits per heavy atom. The number of rotatable bonds is 2. The SMILES string of the molecule is CC1=CC(CCO)C(C)(N)C=C1. The van der Waals surface area contributed by atoms with Crippen molar-refractivity contribution in [3.8, 4) is 0 Å². The first kappa shape index (κ1) is 9.49. The van der Waals surface area contributed by atoms with Crippen molar-refractivity contribution in [2.45, 2.75) is 25.8 Å². The highest BCUT2D eigenvalue weighted by atomic mass is 16.3. The molecule has 1 aliphatic carbocycles. The Bertz CT molecular complexity index is 216. The standard InChI is InChI=1S/C10H17NO/c1-8-3-5-10(2,11)9(7-8)4-6-12/h3,5,7,9,12H,4,6,11H2,1-2H3. The molecule has 0 saturated carbocycles. The summed E-state index contributed by atoms with van der Waals surface area (Å²) in [7, 11) is 0. The molecule has 1 aliphatic rings.